The van der Waals surface area contributed by atoms with Crippen LogP contribution in [0.15, 0.2) is 64.1 Å². The van der Waals surface area contributed by atoms with Crippen LogP contribution in [0.1, 0.15) is 6.92 Å². The average Bonchev–Trinajstić information content (AvgIpc) is 3.05. The highest BCUT2D eigenvalue weighted by Gasteiger charge is 2.15. The molecule has 2 heterocycles. The second-order valence-corrected chi connectivity index (χ2v) is 6.13. The second-order valence-electron chi connectivity index (χ2n) is 6.13. The zero-order valence-electron chi connectivity index (χ0n) is 14.8. The molecule has 0 saturated carbocycles. The number of aromatic nitrogens is 2. The van der Waals surface area contributed by atoms with Crippen molar-refractivity contribution in [1.29, 1.82) is 0 Å². The van der Waals surface area contributed by atoms with Crippen molar-refractivity contribution in [1.82, 2.24) is 9.55 Å². The lowest BCUT2D eigenvalue weighted by molar-refractivity contribution is -0.135. The van der Waals surface area contributed by atoms with Crippen molar-refractivity contribution in [2.45, 2.75) is 13.5 Å². The van der Waals surface area contributed by atoms with E-state index in [1.807, 2.05) is 12.1 Å². The van der Waals surface area contributed by atoms with E-state index in [4.69, 9.17) is 9.15 Å². The summed E-state index contributed by atoms with van der Waals surface area (Å²) in [6.07, 6.45) is 1.30. The van der Waals surface area contributed by atoms with Crippen LogP contribution < -0.4 is 15.6 Å². The minimum absolute atomic E-state index is 0.0937. The number of fused-ring (bicyclic) bond motifs is 3. The minimum atomic E-state index is -0.633. The number of benzene rings is 2. The number of nitrogens with one attached hydrogen (secondary N) is 1. The van der Waals surface area contributed by atoms with E-state index in [1.165, 1.54) is 13.3 Å². The van der Waals surface area contributed by atoms with Gasteiger partial charge in [0.15, 0.2) is 0 Å². The Kier molecular flexibility index (Phi) is 4.36. The van der Waals surface area contributed by atoms with Crippen LogP contribution in [0, 0.1) is 0 Å². The number of nitrogens with zero attached hydrogens (tertiary/aromatic N) is 2. The number of ether oxygens (including phenoxy) is 1. The molecule has 0 aliphatic heterocycles. The van der Waals surface area contributed by atoms with Crippen molar-refractivity contribution in [3.63, 3.8) is 0 Å². The van der Waals surface area contributed by atoms with Gasteiger partial charge in [0.1, 0.15) is 23.4 Å². The van der Waals surface area contributed by atoms with Crippen molar-refractivity contribution >= 4 is 39.6 Å². The molecule has 0 atom stereocenters. The molecule has 0 bridgehead atoms. The fourth-order valence-electron chi connectivity index (χ4n) is 2.84. The third kappa shape index (κ3) is 3.35. The van der Waals surface area contributed by atoms with E-state index >= 15 is 0 Å². The van der Waals surface area contributed by atoms with Crippen molar-refractivity contribution < 1.29 is 18.7 Å². The maximum atomic E-state index is 12.6. The Balaban J connectivity index is 1.53. The van der Waals surface area contributed by atoms with Crippen LogP contribution in [0.5, 0.6) is 5.75 Å². The highest BCUT2D eigenvalue weighted by molar-refractivity contribution is 6.01. The average molecular weight is 377 g/mol. The van der Waals surface area contributed by atoms with Crippen LogP contribution in [0.2, 0.25) is 0 Å². The van der Waals surface area contributed by atoms with Gasteiger partial charge in [0.2, 0.25) is 11.5 Å². The molecule has 0 saturated heterocycles. The van der Waals surface area contributed by atoms with E-state index < -0.39 is 11.5 Å². The summed E-state index contributed by atoms with van der Waals surface area (Å²) in [6, 6.07) is 13.5. The molecule has 0 fully saturated rings. The number of carbonyl (C=O) groups is 2. The predicted octanol–water partition coefficient (Wildman–Crippen LogP) is 2.71. The Morgan fingerprint density at radius 3 is 2.64 bits per heavy atom. The highest BCUT2D eigenvalue weighted by atomic mass is 16.5. The monoisotopic (exact) mass is 377 g/mol. The summed E-state index contributed by atoms with van der Waals surface area (Å²) in [5, 5.41) is 3.36. The van der Waals surface area contributed by atoms with Crippen molar-refractivity contribution in [2.24, 2.45) is 0 Å². The molecule has 2 aromatic heterocycles. The van der Waals surface area contributed by atoms with E-state index in [0.717, 1.165) is 9.95 Å². The number of hydrogen-bond acceptors (Lipinski definition) is 6. The lowest BCUT2D eigenvalue weighted by Gasteiger charge is -2.07. The number of carbonyl (C=O) groups excluding carboxylic acids is 2. The first-order valence-corrected chi connectivity index (χ1v) is 8.46. The number of rotatable bonds is 4. The van der Waals surface area contributed by atoms with Crippen LogP contribution in [-0.2, 0) is 16.1 Å². The number of amides is 1. The normalized spacial score (nSPS) is 10.9. The van der Waals surface area contributed by atoms with E-state index in [1.54, 1.807) is 36.4 Å². The molecule has 2 aromatic carbocycles. The first-order chi connectivity index (χ1) is 13.5. The number of hydrogen-bond donors (Lipinski definition) is 1. The van der Waals surface area contributed by atoms with Crippen molar-refractivity contribution in [3.05, 3.63) is 65.2 Å². The summed E-state index contributed by atoms with van der Waals surface area (Å²) < 4.78 is 12.0. The lowest BCUT2D eigenvalue weighted by Crippen LogP contribution is -2.26. The largest absolute Gasteiger partial charge is 0.448 e. The SMILES string of the molecule is CC(=O)Nc1ccc(OC(=O)Cn2cnc3c(oc4ccccc43)c2=O)cc1. The van der Waals surface area contributed by atoms with Gasteiger partial charge in [-0.2, -0.15) is 0 Å². The van der Waals surface area contributed by atoms with Gasteiger partial charge >= 0.3 is 5.97 Å². The quantitative estimate of drug-likeness (QED) is 0.433. The standard InChI is InChI=1S/C20H15N3O5/c1-12(24)22-13-6-8-14(9-7-13)27-17(25)10-23-11-21-18-15-4-2-3-5-16(15)28-19(18)20(23)26/h2-9,11H,10H2,1H3,(H,22,24). The van der Waals surface area contributed by atoms with Gasteiger partial charge in [0.25, 0.3) is 5.56 Å². The molecule has 0 aliphatic carbocycles. The molecule has 0 radical (unpaired) electrons. The van der Waals surface area contributed by atoms with Crippen LogP contribution in [0.25, 0.3) is 22.1 Å². The first kappa shape index (κ1) is 17.5. The summed E-state index contributed by atoms with van der Waals surface area (Å²) in [6.45, 7) is 1.09. The molecular formula is C20H15N3O5. The topological polar surface area (TPSA) is 103 Å². The molecule has 8 heteroatoms. The molecule has 1 amide bonds. The summed E-state index contributed by atoms with van der Waals surface area (Å²) >= 11 is 0. The molecule has 4 aromatic rings. The Morgan fingerprint density at radius 1 is 1.14 bits per heavy atom. The summed E-state index contributed by atoms with van der Waals surface area (Å²) in [5.41, 5.74) is 1.24. The van der Waals surface area contributed by atoms with E-state index in [9.17, 15) is 14.4 Å². The first-order valence-electron chi connectivity index (χ1n) is 8.46. The van der Waals surface area contributed by atoms with Crippen LogP contribution in [-0.4, -0.2) is 21.4 Å². The predicted molar refractivity (Wildman–Crippen MR) is 102 cm³/mol. The fourth-order valence-corrected chi connectivity index (χ4v) is 2.84. The Labute approximate surface area is 158 Å². The smallest absolute Gasteiger partial charge is 0.331 e. The molecule has 140 valence electrons. The Hall–Kier alpha value is -3.94. The fraction of sp³-hybridized carbons (Fsp3) is 0.100. The molecule has 0 spiro atoms. The molecular weight excluding hydrogens is 362 g/mol. The molecule has 0 unspecified atom stereocenters. The number of para-hydroxylation sites is 1. The maximum absolute atomic E-state index is 12.6. The maximum Gasteiger partial charge on any atom is 0.331 e. The Morgan fingerprint density at radius 2 is 1.89 bits per heavy atom. The number of furan rings is 1. The minimum Gasteiger partial charge on any atom is -0.448 e. The van der Waals surface area contributed by atoms with Crippen LogP contribution in [0.3, 0.4) is 0 Å². The number of esters is 1. The summed E-state index contributed by atoms with van der Waals surface area (Å²) in [5.74, 6) is -0.533. The molecule has 28 heavy (non-hydrogen) atoms. The van der Waals surface area contributed by atoms with Gasteiger partial charge in [0, 0.05) is 18.0 Å². The van der Waals surface area contributed by atoms with Gasteiger partial charge < -0.3 is 14.5 Å². The van der Waals surface area contributed by atoms with Gasteiger partial charge in [-0.3, -0.25) is 14.2 Å². The van der Waals surface area contributed by atoms with Gasteiger partial charge in [-0.15, -0.1) is 0 Å². The molecule has 4 rings (SSSR count). The zero-order valence-corrected chi connectivity index (χ0v) is 14.8. The Bertz CT molecular complexity index is 1250. The summed E-state index contributed by atoms with van der Waals surface area (Å²) in [7, 11) is 0. The molecule has 1 N–H and O–H groups in total. The third-order valence-electron chi connectivity index (χ3n) is 4.06. The van der Waals surface area contributed by atoms with Crippen LogP contribution >= 0.6 is 0 Å². The van der Waals surface area contributed by atoms with Gasteiger partial charge in [-0.25, -0.2) is 9.78 Å². The highest BCUT2D eigenvalue weighted by Crippen LogP contribution is 2.24. The van der Waals surface area contributed by atoms with E-state index in [0.29, 0.717) is 22.5 Å². The van der Waals surface area contributed by atoms with Gasteiger partial charge in [-0.05, 0) is 36.4 Å². The van der Waals surface area contributed by atoms with E-state index in [2.05, 4.69) is 10.3 Å². The van der Waals surface area contributed by atoms with Gasteiger partial charge in [-0.1, -0.05) is 12.1 Å². The molecule has 0 aliphatic rings. The van der Waals surface area contributed by atoms with Gasteiger partial charge in [0.05, 0.1) is 6.33 Å². The summed E-state index contributed by atoms with van der Waals surface area (Å²) in [4.78, 5) is 40.1. The van der Waals surface area contributed by atoms with Crippen molar-refractivity contribution in [3.8, 4) is 5.75 Å². The zero-order chi connectivity index (χ0) is 19.7. The van der Waals surface area contributed by atoms with Crippen LogP contribution in [0.4, 0.5) is 5.69 Å². The molecule has 8 nitrogen and oxygen atoms in total. The second kappa shape index (κ2) is 6.99. The van der Waals surface area contributed by atoms with Crippen molar-refractivity contribution in [2.75, 3.05) is 5.32 Å². The third-order valence-corrected chi connectivity index (χ3v) is 4.06. The lowest BCUT2D eigenvalue weighted by atomic mass is 10.2. The number of anilines is 1. The van der Waals surface area contributed by atoms with E-state index in [-0.39, 0.29) is 18.0 Å².